The molecule has 0 aliphatic rings. The number of thiophene rings is 2. The molecule has 0 aliphatic carbocycles. The van der Waals surface area contributed by atoms with Crippen molar-refractivity contribution in [1.29, 1.82) is 0 Å². The molecule has 0 aromatic carbocycles. The fourth-order valence-electron chi connectivity index (χ4n) is 1.69. The zero-order valence-corrected chi connectivity index (χ0v) is 9.86. The molecule has 3 heteroatoms. The summed E-state index contributed by atoms with van der Waals surface area (Å²) < 4.78 is 1.30. The van der Waals surface area contributed by atoms with Gasteiger partial charge >= 0.3 is 0 Å². The quantitative estimate of drug-likeness (QED) is 0.607. The van der Waals surface area contributed by atoms with Crippen LogP contribution < -0.4 is 0 Å². The number of hydrogen-bond donors (Lipinski definition) is 0. The summed E-state index contributed by atoms with van der Waals surface area (Å²) in [7, 11) is 0. The minimum Gasteiger partial charge on any atom is -0.251 e. The van der Waals surface area contributed by atoms with Crippen LogP contribution in [-0.2, 0) is 0 Å². The Balaban J connectivity index is 2.29. The molecular formula is C12H9NS2. The highest BCUT2D eigenvalue weighted by Crippen LogP contribution is 2.30. The van der Waals surface area contributed by atoms with E-state index in [2.05, 4.69) is 46.9 Å². The highest BCUT2D eigenvalue weighted by Gasteiger charge is 2.05. The molecule has 0 saturated heterocycles. The Bertz CT molecular complexity index is 593. The van der Waals surface area contributed by atoms with Crippen LogP contribution >= 0.6 is 22.7 Å². The molecule has 0 spiro atoms. The summed E-state index contributed by atoms with van der Waals surface area (Å²) in [5, 5.41) is 5.51. The normalized spacial score (nSPS) is 11.0. The molecule has 0 saturated carbocycles. The Hall–Kier alpha value is -1.19. The zero-order chi connectivity index (χ0) is 10.3. The SMILES string of the molecule is Cc1nc(-c2cccs2)cc2ccsc12. The van der Waals surface area contributed by atoms with Crippen LogP contribution in [0.4, 0.5) is 0 Å². The molecule has 0 unspecified atom stereocenters. The van der Waals surface area contributed by atoms with Crippen LogP contribution in [0.15, 0.2) is 35.0 Å². The molecule has 0 N–H and O–H groups in total. The molecule has 74 valence electrons. The van der Waals surface area contributed by atoms with E-state index in [0.717, 1.165) is 11.4 Å². The van der Waals surface area contributed by atoms with Crippen molar-refractivity contribution < 1.29 is 0 Å². The minimum absolute atomic E-state index is 1.09. The standard InChI is InChI=1S/C12H9NS2/c1-8-12-9(4-6-15-12)7-10(13-8)11-3-2-5-14-11/h2-7H,1H3. The lowest BCUT2D eigenvalue weighted by Gasteiger charge is -2.00. The molecule has 0 atom stereocenters. The lowest BCUT2D eigenvalue weighted by Crippen LogP contribution is -1.84. The maximum Gasteiger partial charge on any atom is 0.0811 e. The summed E-state index contributed by atoms with van der Waals surface area (Å²) in [6.07, 6.45) is 0. The lowest BCUT2D eigenvalue weighted by molar-refractivity contribution is 1.25. The van der Waals surface area contributed by atoms with E-state index in [1.807, 2.05) is 0 Å². The van der Waals surface area contributed by atoms with Gasteiger partial charge in [0.25, 0.3) is 0 Å². The van der Waals surface area contributed by atoms with Crippen LogP contribution in [0.1, 0.15) is 5.69 Å². The van der Waals surface area contributed by atoms with Crippen molar-refractivity contribution in [2.75, 3.05) is 0 Å². The number of aryl methyl sites for hydroxylation is 1. The Labute approximate surface area is 96.0 Å². The molecule has 0 amide bonds. The number of rotatable bonds is 1. The fourth-order valence-corrected chi connectivity index (χ4v) is 3.20. The predicted octanol–water partition coefficient (Wildman–Crippen LogP) is 4.33. The van der Waals surface area contributed by atoms with Gasteiger partial charge in [-0.3, -0.25) is 4.98 Å². The molecule has 0 fully saturated rings. The maximum absolute atomic E-state index is 4.64. The fraction of sp³-hybridized carbons (Fsp3) is 0.0833. The second-order valence-corrected chi connectivity index (χ2v) is 5.27. The predicted molar refractivity (Wildman–Crippen MR) is 67.7 cm³/mol. The van der Waals surface area contributed by atoms with Crippen molar-refractivity contribution in [3.63, 3.8) is 0 Å². The average Bonchev–Trinajstić information content (AvgIpc) is 2.88. The van der Waals surface area contributed by atoms with Crippen LogP contribution in [0.2, 0.25) is 0 Å². The van der Waals surface area contributed by atoms with Crippen molar-refractivity contribution in [3.8, 4) is 10.6 Å². The Morgan fingerprint density at radius 1 is 1.13 bits per heavy atom. The van der Waals surface area contributed by atoms with E-state index in [1.54, 1.807) is 22.7 Å². The van der Waals surface area contributed by atoms with Crippen LogP contribution in [0.3, 0.4) is 0 Å². The number of hydrogen-bond acceptors (Lipinski definition) is 3. The minimum atomic E-state index is 1.09. The largest absolute Gasteiger partial charge is 0.251 e. The van der Waals surface area contributed by atoms with Gasteiger partial charge in [0.2, 0.25) is 0 Å². The number of pyridine rings is 1. The third-order valence-electron chi connectivity index (χ3n) is 2.38. The van der Waals surface area contributed by atoms with Gasteiger partial charge in [-0.05, 0) is 41.3 Å². The van der Waals surface area contributed by atoms with Crippen molar-refractivity contribution in [3.05, 3.63) is 40.7 Å². The van der Waals surface area contributed by atoms with Crippen LogP contribution in [0.5, 0.6) is 0 Å². The maximum atomic E-state index is 4.64. The number of nitrogens with zero attached hydrogens (tertiary/aromatic N) is 1. The van der Waals surface area contributed by atoms with Crippen molar-refractivity contribution in [2.24, 2.45) is 0 Å². The zero-order valence-electron chi connectivity index (χ0n) is 8.23. The first-order valence-corrected chi connectivity index (χ1v) is 6.49. The molecule has 0 bridgehead atoms. The molecule has 0 aliphatic heterocycles. The first-order chi connectivity index (χ1) is 7.34. The molecular weight excluding hydrogens is 222 g/mol. The first kappa shape index (κ1) is 9.07. The topological polar surface area (TPSA) is 12.9 Å². The summed E-state index contributed by atoms with van der Waals surface area (Å²) in [5.41, 5.74) is 2.22. The number of aromatic nitrogens is 1. The van der Waals surface area contributed by atoms with E-state index in [-0.39, 0.29) is 0 Å². The van der Waals surface area contributed by atoms with E-state index in [9.17, 15) is 0 Å². The molecule has 3 rings (SSSR count). The molecule has 0 radical (unpaired) electrons. The first-order valence-electron chi connectivity index (χ1n) is 4.73. The third kappa shape index (κ3) is 1.48. The van der Waals surface area contributed by atoms with Gasteiger partial charge in [-0.15, -0.1) is 22.7 Å². The van der Waals surface area contributed by atoms with Crippen molar-refractivity contribution in [2.45, 2.75) is 6.92 Å². The smallest absolute Gasteiger partial charge is 0.0811 e. The van der Waals surface area contributed by atoms with E-state index >= 15 is 0 Å². The highest BCUT2D eigenvalue weighted by molar-refractivity contribution is 7.17. The molecule has 3 aromatic heterocycles. The van der Waals surface area contributed by atoms with E-state index in [0.29, 0.717) is 0 Å². The Morgan fingerprint density at radius 3 is 2.87 bits per heavy atom. The molecule has 3 heterocycles. The molecule has 3 aromatic rings. The number of fused-ring (bicyclic) bond motifs is 1. The van der Waals surface area contributed by atoms with Crippen molar-refractivity contribution in [1.82, 2.24) is 4.98 Å². The Kier molecular flexibility index (Phi) is 2.08. The third-order valence-corrected chi connectivity index (χ3v) is 4.31. The van der Waals surface area contributed by atoms with Gasteiger partial charge in [-0.1, -0.05) is 6.07 Å². The highest BCUT2D eigenvalue weighted by atomic mass is 32.1. The second-order valence-electron chi connectivity index (χ2n) is 3.41. The van der Waals surface area contributed by atoms with Gasteiger partial charge in [0, 0.05) is 0 Å². The van der Waals surface area contributed by atoms with Gasteiger partial charge < -0.3 is 0 Å². The molecule has 1 nitrogen and oxygen atoms in total. The van der Waals surface area contributed by atoms with Crippen LogP contribution in [0, 0.1) is 6.92 Å². The lowest BCUT2D eigenvalue weighted by atomic mass is 10.2. The average molecular weight is 231 g/mol. The Morgan fingerprint density at radius 2 is 2.07 bits per heavy atom. The van der Waals surface area contributed by atoms with Gasteiger partial charge in [-0.2, -0.15) is 0 Å². The second kappa shape index (κ2) is 3.43. The molecule has 15 heavy (non-hydrogen) atoms. The monoisotopic (exact) mass is 231 g/mol. The van der Waals surface area contributed by atoms with Gasteiger partial charge in [0.1, 0.15) is 0 Å². The van der Waals surface area contributed by atoms with E-state index in [4.69, 9.17) is 0 Å². The van der Waals surface area contributed by atoms with E-state index in [1.165, 1.54) is 15.0 Å². The summed E-state index contributed by atoms with van der Waals surface area (Å²) in [6.45, 7) is 2.08. The summed E-state index contributed by atoms with van der Waals surface area (Å²) >= 11 is 3.50. The van der Waals surface area contributed by atoms with Crippen LogP contribution in [0.25, 0.3) is 20.7 Å². The van der Waals surface area contributed by atoms with E-state index < -0.39 is 0 Å². The van der Waals surface area contributed by atoms with Crippen LogP contribution in [-0.4, -0.2) is 4.98 Å². The van der Waals surface area contributed by atoms with Gasteiger partial charge in [0.15, 0.2) is 0 Å². The summed E-state index contributed by atoms with van der Waals surface area (Å²) in [4.78, 5) is 5.88. The summed E-state index contributed by atoms with van der Waals surface area (Å²) in [6, 6.07) is 8.51. The summed E-state index contributed by atoms with van der Waals surface area (Å²) in [5.74, 6) is 0. The van der Waals surface area contributed by atoms with Gasteiger partial charge in [0.05, 0.1) is 21.0 Å². The van der Waals surface area contributed by atoms with Crippen molar-refractivity contribution >= 4 is 32.8 Å². The van der Waals surface area contributed by atoms with Gasteiger partial charge in [-0.25, -0.2) is 0 Å².